The van der Waals surface area contributed by atoms with E-state index in [9.17, 15) is 4.79 Å². The highest BCUT2D eigenvalue weighted by Crippen LogP contribution is 1.98. The molecule has 0 radical (unpaired) electrons. The molecule has 0 spiro atoms. The summed E-state index contributed by atoms with van der Waals surface area (Å²) in [7, 11) is 0. The molecule has 0 fully saturated rings. The van der Waals surface area contributed by atoms with Gasteiger partial charge in [-0.15, -0.1) is 12.6 Å². The number of thiol groups is 1. The van der Waals surface area contributed by atoms with Crippen molar-refractivity contribution in [2.75, 3.05) is 6.54 Å². The van der Waals surface area contributed by atoms with Gasteiger partial charge >= 0.3 is 0 Å². The van der Waals surface area contributed by atoms with E-state index in [-0.39, 0.29) is 5.44 Å². The summed E-state index contributed by atoms with van der Waals surface area (Å²) in [6, 6.07) is 0. The van der Waals surface area contributed by atoms with Crippen molar-refractivity contribution in [3.63, 3.8) is 0 Å². The molecule has 4 heteroatoms. The largest absolute Gasteiger partial charge is 0.454 e. The van der Waals surface area contributed by atoms with Crippen LogP contribution < -0.4 is 5.73 Å². The minimum absolute atomic E-state index is 0.336. The third kappa shape index (κ3) is 3.95. The first-order chi connectivity index (χ1) is 3.81. The Balaban J connectivity index is 3.03. The Bertz CT molecular complexity index is 69.1. The van der Waals surface area contributed by atoms with Crippen LogP contribution in [0.2, 0.25) is 0 Å². The van der Waals surface area contributed by atoms with E-state index in [2.05, 4.69) is 17.4 Å². The molecule has 1 atom stereocenters. The Morgan fingerprint density at radius 2 is 2.50 bits per heavy atom. The lowest BCUT2D eigenvalue weighted by molar-refractivity contribution is -0.130. The third-order valence-corrected chi connectivity index (χ3v) is 1.01. The van der Waals surface area contributed by atoms with Gasteiger partial charge in [0.15, 0.2) is 0 Å². The number of hydrogen-bond acceptors (Lipinski definition) is 4. The van der Waals surface area contributed by atoms with Crippen LogP contribution in [0.3, 0.4) is 0 Å². The number of carbonyl (C=O) groups is 1. The molecule has 0 aromatic carbocycles. The van der Waals surface area contributed by atoms with Gasteiger partial charge in [0.25, 0.3) is 6.47 Å². The van der Waals surface area contributed by atoms with Crippen LogP contribution in [0.15, 0.2) is 0 Å². The fourth-order valence-corrected chi connectivity index (χ4v) is 0.474. The van der Waals surface area contributed by atoms with Crippen LogP contribution in [-0.4, -0.2) is 18.5 Å². The van der Waals surface area contributed by atoms with E-state index in [0.717, 1.165) is 0 Å². The SMILES string of the molecule is NCCC(S)OC=O. The molecule has 0 rings (SSSR count). The number of hydrogen-bond donors (Lipinski definition) is 2. The van der Waals surface area contributed by atoms with Crippen LogP contribution in [0.1, 0.15) is 6.42 Å². The number of rotatable bonds is 4. The number of ether oxygens (including phenoxy) is 1. The van der Waals surface area contributed by atoms with Crippen LogP contribution in [-0.2, 0) is 9.53 Å². The Morgan fingerprint density at radius 1 is 1.88 bits per heavy atom. The first kappa shape index (κ1) is 7.78. The average Bonchev–Trinajstić information content (AvgIpc) is 1.68. The van der Waals surface area contributed by atoms with Crippen molar-refractivity contribution >= 4 is 19.1 Å². The Morgan fingerprint density at radius 3 is 2.88 bits per heavy atom. The van der Waals surface area contributed by atoms with Crippen molar-refractivity contribution < 1.29 is 9.53 Å². The fourth-order valence-electron chi connectivity index (χ4n) is 0.275. The molecular formula is C4H9NO2S. The maximum atomic E-state index is 9.58. The van der Waals surface area contributed by atoms with Gasteiger partial charge in [0, 0.05) is 6.42 Å². The lowest BCUT2D eigenvalue weighted by Gasteiger charge is -2.03. The highest BCUT2D eigenvalue weighted by Gasteiger charge is 1.97. The lowest BCUT2D eigenvalue weighted by Crippen LogP contribution is -2.10. The van der Waals surface area contributed by atoms with Gasteiger partial charge in [-0.25, -0.2) is 0 Å². The van der Waals surface area contributed by atoms with Gasteiger partial charge in [-0.05, 0) is 6.54 Å². The van der Waals surface area contributed by atoms with Gasteiger partial charge in [-0.1, -0.05) is 0 Å². The highest BCUT2D eigenvalue weighted by molar-refractivity contribution is 7.80. The molecule has 0 saturated carbocycles. The molecule has 0 saturated heterocycles. The Kier molecular flexibility index (Phi) is 4.79. The molecule has 0 bridgehead atoms. The molecule has 0 aromatic rings. The fraction of sp³-hybridized carbons (Fsp3) is 0.750. The van der Waals surface area contributed by atoms with E-state index in [1.807, 2.05) is 0 Å². The van der Waals surface area contributed by atoms with Crippen LogP contribution in [0.4, 0.5) is 0 Å². The van der Waals surface area contributed by atoms with Crippen LogP contribution >= 0.6 is 12.6 Å². The Hall–Kier alpha value is -0.220. The number of nitrogens with two attached hydrogens (primary N) is 1. The smallest absolute Gasteiger partial charge is 0.294 e. The second-order valence-corrected chi connectivity index (χ2v) is 1.84. The van der Waals surface area contributed by atoms with Gasteiger partial charge in [-0.2, -0.15) is 0 Å². The third-order valence-electron chi connectivity index (χ3n) is 0.626. The quantitative estimate of drug-likeness (QED) is 0.318. The van der Waals surface area contributed by atoms with E-state index in [1.54, 1.807) is 0 Å². The number of carbonyl (C=O) groups excluding carboxylic acids is 1. The maximum absolute atomic E-state index is 9.58. The summed E-state index contributed by atoms with van der Waals surface area (Å²) in [5, 5.41) is 0. The summed E-state index contributed by atoms with van der Waals surface area (Å²) in [6.07, 6.45) is 0.599. The van der Waals surface area contributed by atoms with Gasteiger partial charge in [0.1, 0.15) is 5.44 Å². The first-order valence-corrected chi connectivity index (χ1v) is 2.80. The zero-order valence-electron chi connectivity index (χ0n) is 4.41. The van der Waals surface area contributed by atoms with Gasteiger partial charge < -0.3 is 10.5 Å². The molecule has 0 amide bonds. The molecule has 1 unspecified atom stereocenters. The van der Waals surface area contributed by atoms with Crippen LogP contribution in [0, 0.1) is 0 Å². The van der Waals surface area contributed by atoms with Crippen molar-refractivity contribution in [1.82, 2.24) is 0 Å². The molecule has 48 valence electrons. The van der Waals surface area contributed by atoms with Crippen molar-refractivity contribution in [3.05, 3.63) is 0 Å². The van der Waals surface area contributed by atoms with E-state index in [4.69, 9.17) is 5.73 Å². The topological polar surface area (TPSA) is 52.3 Å². The average molecular weight is 135 g/mol. The van der Waals surface area contributed by atoms with E-state index in [1.165, 1.54) is 0 Å². The summed E-state index contributed by atoms with van der Waals surface area (Å²) >= 11 is 3.86. The molecule has 0 aromatic heterocycles. The molecule has 0 aliphatic carbocycles. The second-order valence-electron chi connectivity index (χ2n) is 1.26. The van der Waals surface area contributed by atoms with Crippen molar-refractivity contribution in [1.29, 1.82) is 0 Å². The molecule has 0 aliphatic heterocycles. The van der Waals surface area contributed by atoms with E-state index in [0.29, 0.717) is 19.4 Å². The molecular weight excluding hydrogens is 126 g/mol. The van der Waals surface area contributed by atoms with E-state index < -0.39 is 0 Å². The minimum atomic E-state index is -0.336. The summed E-state index contributed by atoms with van der Waals surface area (Å²) in [6.45, 7) is 0.856. The second kappa shape index (κ2) is 4.93. The zero-order chi connectivity index (χ0) is 6.41. The van der Waals surface area contributed by atoms with Crippen molar-refractivity contribution in [2.45, 2.75) is 11.9 Å². The zero-order valence-corrected chi connectivity index (χ0v) is 5.30. The van der Waals surface area contributed by atoms with Crippen molar-refractivity contribution in [2.24, 2.45) is 5.73 Å². The Labute approximate surface area is 53.6 Å². The molecule has 2 N–H and O–H groups in total. The van der Waals surface area contributed by atoms with Gasteiger partial charge in [0.05, 0.1) is 0 Å². The summed E-state index contributed by atoms with van der Waals surface area (Å²) in [5.74, 6) is 0. The van der Waals surface area contributed by atoms with Crippen LogP contribution in [0.5, 0.6) is 0 Å². The monoisotopic (exact) mass is 135 g/mol. The van der Waals surface area contributed by atoms with Crippen molar-refractivity contribution in [3.8, 4) is 0 Å². The summed E-state index contributed by atoms with van der Waals surface area (Å²) in [4.78, 5) is 9.58. The summed E-state index contributed by atoms with van der Waals surface area (Å²) < 4.78 is 4.39. The standard InChI is InChI=1S/C4H9NO2S/c5-2-1-4(8)7-3-6/h3-4,8H,1-2,5H2. The minimum Gasteiger partial charge on any atom is -0.454 e. The van der Waals surface area contributed by atoms with Gasteiger partial charge in [0.2, 0.25) is 0 Å². The lowest BCUT2D eigenvalue weighted by atomic mass is 10.5. The normalized spacial score (nSPS) is 12.8. The molecule has 0 aliphatic rings. The predicted octanol–water partition coefficient (Wildman–Crippen LogP) is -0.236. The van der Waals surface area contributed by atoms with Crippen LogP contribution in [0.25, 0.3) is 0 Å². The van der Waals surface area contributed by atoms with E-state index >= 15 is 0 Å². The molecule has 0 heterocycles. The highest BCUT2D eigenvalue weighted by atomic mass is 32.1. The first-order valence-electron chi connectivity index (χ1n) is 2.28. The summed E-state index contributed by atoms with van der Waals surface area (Å²) in [5.41, 5.74) is 4.78. The molecule has 3 nitrogen and oxygen atoms in total. The maximum Gasteiger partial charge on any atom is 0.294 e. The molecule has 8 heavy (non-hydrogen) atoms. The predicted molar refractivity (Wildman–Crippen MR) is 33.6 cm³/mol. The van der Waals surface area contributed by atoms with Gasteiger partial charge in [-0.3, -0.25) is 4.79 Å².